The van der Waals surface area contributed by atoms with Crippen LogP contribution in [0.4, 0.5) is 0 Å². The number of ether oxygens (including phenoxy) is 1. The first-order chi connectivity index (χ1) is 9.29. The highest BCUT2D eigenvalue weighted by Crippen LogP contribution is 2.10. The molecule has 1 unspecified atom stereocenters. The van der Waals surface area contributed by atoms with Gasteiger partial charge in [0.25, 0.3) is 0 Å². The molecule has 104 valence electrons. The normalized spacial score (nSPS) is 23.0. The molecule has 19 heavy (non-hydrogen) atoms. The minimum absolute atomic E-state index is 0.183. The fourth-order valence-corrected chi connectivity index (χ4v) is 2.12. The summed E-state index contributed by atoms with van der Waals surface area (Å²) in [6.45, 7) is 1.24. The van der Waals surface area contributed by atoms with Gasteiger partial charge >= 0.3 is 5.97 Å². The standard InChI is InChI=1S/C14H20N2O3/c1-18-14(17)13-8-7-12(9-15-13)16-19-10-11-5-3-2-4-6-11/h2-6,12-13,15-16H,7-10H2,1H3/t12?,13-/m0/s1. The van der Waals surface area contributed by atoms with Crippen molar-refractivity contribution in [3.8, 4) is 0 Å². The quantitative estimate of drug-likeness (QED) is 0.614. The van der Waals surface area contributed by atoms with Crippen LogP contribution in [0.5, 0.6) is 0 Å². The second kappa shape index (κ2) is 7.23. The van der Waals surface area contributed by atoms with Crippen molar-refractivity contribution in [2.75, 3.05) is 13.7 Å². The molecule has 0 bridgehead atoms. The van der Waals surface area contributed by atoms with Crippen molar-refractivity contribution in [1.82, 2.24) is 10.8 Å². The first kappa shape index (κ1) is 14.0. The molecule has 2 atom stereocenters. The third-order valence-electron chi connectivity index (χ3n) is 3.23. The van der Waals surface area contributed by atoms with Gasteiger partial charge < -0.3 is 10.1 Å². The summed E-state index contributed by atoms with van der Waals surface area (Å²) in [6.07, 6.45) is 1.65. The molecule has 1 saturated heterocycles. The number of methoxy groups -OCH3 is 1. The number of piperidine rings is 1. The van der Waals surface area contributed by atoms with E-state index in [2.05, 4.69) is 10.8 Å². The van der Waals surface area contributed by atoms with E-state index in [-0.39, 0.29) is 18.1 Å². The molecule has 0 spiro atoms. The maximum Gasteiger partial charge on any atom is 0.322 e. The van der Waals surface area contributed by atoms with Crippen molar-refractivity contribution in [1.29, 1.82) is 0 Å². The first-order valence-electron chi connectivity index (χ1n) is 6.52. The third kappa shape index (κ3) is 4.31. The second-order valence-electron chi connectivity index (χ2n) is 4.65. The summed E-state index contributed by atoms with van der Waals surface area (Å²) in [6, 6.07) is 10.0. The number of nitrogens with one attached hydrogen (secondary N) is 2. The van der Waals surface area contributed by atoms with E-state index in [1.54, 1.807) is 0 Å². The maximum atomic E-state index is 11.3. The summed E-state index contributed by atoms with van der Waals surface area (Å²) in [5, 5.41) is 3.15. The lowest BCUT2D eigenvalue weighted by molar-refractivity contribution is -0.144. The highest BCUT2D eigenvalue weighted by molar-refractivity contribution is 5.75. The van der Waals surface area contributed by atoms with E-state index in [1.807, 2.05) is 30.3 Å². The predicted octanol–water partition coefficient (Wildman–Crippen LogP) is 1.00. The summed E-state index contributed by atoms with van der Waals surface area (Å²) < 4.78 is 4.71. The highest BCUT2D eigenvalue weighted by atomic mass is 16.6. The van der Waals surface area contributed by atoms with Crippen LogP contribution in [0.15, 0.2) is 30.3 Å². The molecular weight excluding hydrogens is 244 g/mol. The molecule has 0 aliphatic carbocycles. The van der Waals surface area contributed by atoms with Gasteiger partial charge in [-0.2, -0.15) is 5.48 Å². The van der Waals surface area contributed by atoms with Gasteiger partial charge in [0.05, 0.1) is 13.7 Å². The monoisotopic (exact) mass is 264 g/mol. The molecule has 1 fully saturated rings. The molecule has 5 heteroatoms. The van der Waals surface area contributed by atoms with Crippen LogP contribution < -0.4 is 10.8 Å². The van der Waals surface area contributed by atoms with Crippen LogP contribution in [0.3, 0.4) is 0 Å². The zero-order valence-electron chi connectivity index (χ0n) is 11.1. The summed E-state index contributed by atoms with van der Waals surface area (Å²) in [7, 11) is 1.41. The van der Waals surface area contributed by atoms with Gasteiger partial charge in [-0.25, -0.2) is 0 Å². The van der Waals surface area contributed by atoms with Crippen LogP contribution in [-0.4, -0.2) is 31.7 Å². The van der Waals surface area contributed by atoms with Crippen molar-refractivity contribution in [3.05, 3.63) is 35.9 Å². The molecule has 2 N–H and O–H groups in total. The van der Waals surface area contributed by atoms with Crippen molar-refractivity contribution < 1.29 is 14.4 Å². The van der Waals surface area contributed by atoms with Crippen LogP contribution in [-0.2, 0) is 21.0 Å². The van der Waals surface area contributed by atoms with E-state index in [9.17, 15) is 4.79 Å². The van der Waals surface area contributed by atoms with Gasteiger partial charge in [-0.1, -0.05) is 30.3 Å². The number of hydrogen-bond donors (Lipinski definition) is 2. The number of hydroxylamine groups is 1. The van der Waals surface area contributed by atoms with Gasteiger partial charge in [-0.3, -0.25) is 9.63 Å². The van der Waals surface area contributed by atoms with Gasteiger partial charge in [0.15, 0.2) is 0 Å². The number of hydrogen-bond acceptors (Lipinski definition) is 5. The van der Waals surface area contributed by atoms with Crippen LogP contribution in [0, 0.1) is 0 Å². The Labute approximate surface area is 113 Å². The molecular formula is C14H20N2O3. The van der Waals surface area contributed by atoms with Crippen molar-refractivity contribution in [3.63, 3.8) is 0 Å². The Hall–Kier alpha value is -1.43. The molecule has 2 rings (SSSR count). The molecule has 1 aromatic rings. The molecule has 0 radical (unpaired) electrons. The largest absolute Gasteiger partial charge is 0.468 e. The zero-order chi connectivity index (χ0) is 13.5. The topological polar surface area (TPSA) is 59.6 Å². The Balaban J connectivity index is 1.65. The van der Waals surface area contributed by atoms with E-state index in [0.717, 1.165) is 18.4 Å². The van der Waals surface area contributed by atoms with Gasteiger partial charge in [0, 0.05) is 12.6 Å². The van der Waals surface area contributed by atoms with Crippen LogP contribution >= 0.6 is 0 Å². The Bertz CT molecular complexity index is 389. The number of carbonyl (C=O) groups is 1. The average molecular weight is 264 g/mol. The van der Waals surface area contributed by atoms with E-state index in [0.29, 0.717) is 13.2 Å². The summed E-state index contributed by atoms with van der Waals surface area (Å²) in [5.74, 6) is -0.191. The SMILES string of the molecule is COC(=O)[C@@H]1CCC(NOCc2ccccc2)CN1. The summed E-state index contributed by atoms with van der Waals surface area (Å²) in [5.41, 5.74) is 4.16. The summed E-state index contributed by atoms with van der Waals surface area (Å²) >= 11 is 0. The number of benzene rings is 1. The number of rotatable bonds is 5. The average Bonchev–Trinajstić information content (AvgIpc) is 2.48. The van der Waals surface area contributed by atoms with Crippen LogP contribution in [0.25, 0.3) is 0 Å². The minimum Gasteiger partial charge on any atom is -0.468 e. The fourth-order valence-electron chi connectivity index (χ4n) is 2.12. The van der Waals surface area contributed by atoms with E-state index in [4.69, 9.17) is 9.57 Å². The lowest BCUT2D eigenvalue weighted by atomic mass is 10.0. The van der Waals surface area contributed by atoms with Gasteiger partial charge in [0.1, 0.15) is 6.04 Å². The Morgan fingerprint density at radius 1 is 1.37 bits per heavy atom. The first-order valence-corrected chi connectivity index (χ1v) is 6.52. The molecule has 1 aliphatic heterocycles. The molecule has 0 saturated carbocycles. The molecule has 0 amide bonds. The van der Waals surface area contributed by atoms with E-state index >= 15 is 0 Å². The number of carbonyl (C=O) groups excluding carboxylic acids is 1. The lowest BCUT2D eigenvalue weighted by Crippen LogP contribution is -2.50. The molecule has 5 nitrogen and oxygen atoms in total. The molecule has 1 heterocycles. The Morgan fingerprint density at radius 2 is 2.16 bits per heavy atom. The molecule has 0 aromatic heterocycles. The maximum absolute atomic E-state index is 11.3. The molecule has 1 aromatic carbocycles. The predicted molar refractivity (Wildman–Crippen MR) is 71.2 cm³/mol. The Morgan fingerprint density at radius 3 is 2.79 bits per heavy atom. The Kier molecular flexibility index (Phi) is 5.32. The highest BCUT2D eigenvalue weighted by Gasteiger charge is 2.26. The van der Waals surface area contributed by atoms with Crippen LogP contribution in [0.1, 0.15) is 18.4 Å². The van der Waals surface area contributed by atoms with Crippen LogP contribution in [0.2, 0.25) is 0 Å². The second-order valence-corrected chi connectivity index (χ2v) is 4.65. The fraction of sp³-hybridized carbons (Fsp3) is 0.500. The number of esters is 1. The van der Waals surface area contributed by atoms with Crippen molar-refractivity contribution in [2.24, 2.45) is 0 Å². The zero-order valence-corrected chi connectivity index (χ0v) is 11.1. The van der Waals surface area contributed by atoms with Gasteiger partial charge in [0.2, 0.25) is 0 Å². The lowest BCUT2D eigenvalue weighted by Gasteiger charge is -2.28. The van der Waals surface area contributed by atoms with E-state index in [1.165, 1.54) is 7.11 Å². The van der Waals surface area contributed by atoms with Crippen molar-refractivity contribution in [2.45, 2.75) is 31.5 Å². The third-order valence-corrected chi connectivity index (χ3v) is 3.23. The molecule has 1 aliphatic rings. The smallest absolute Gasteiger partial charge is 0.322 e. The van der Waals surface area contributed by atoms with E-state index < -0.39 is 0 Å². The summed E-state index contributed by atoms with van der Waals surface area (Å²) in [4.78, 5) is 16.8. The van der Waals surface area contributed by atoms with Gasteiger partial charge in [-0.05, 0) is 18.4 Å². The minimum atomic E-state index is -0.191. The van der Waals surface area contributed by atoms with Gasteiger partial charge in [-0.15, -0.1) is 0 Å². The van der Waals surface area contributed by atoms with Crippen molar-refractivity contribution >= 4 is 5.97 Å².